The van der Waals surface area contributed by atoms with Crippen molar-refractivity contribution < 1.29 is 39.5 Å². The van der Waals surface area contributed by atoms with Gasteiger partial charge in [-0.3, -0.25) is 4.79 Å². The molecule has 0 aromatic heterocycles. The summed E-state index contributed by atoms with van der Waals surface area (Å²) in [5, 5.41) is 42.8. The van der Waals surface area contributed by atoms with Gasteiger partial charge >= 0.3 is 12.1 Å². The summed E-state index contributed by atoms with van der Waals surface area (Å²) in [6, 6.07) is 0. The quantitative estimate of drug-likeness (QED) is 0.101. The number of ether oxygens (including phenoxy) is 2. The number of amides is 1. The largest absolute Gasteiger partial charge is 0.462 e. The fourth-order valence-corrected chi connectivity index (χ4v) is 5.80. The van der Waals surface area contributed by atoms with E-state index in [4.69, 9.17) is 15.2 Å². The third-order valence-electron chi connectivity index (χ3n) is 8.62. The third kappa shape index (κ3) is 11.3. The average Bonchev–Trinajstić information content (AvgIpc) is 2.93. The highest BCUT2D eigenvalue weighted by Gasteiger charge is 2.41. The molecule has 6 N–H and O–H groups in total. The molecule has 0 spiro atoms. The molecule has 240 valence electrons. The van der Waals surface area contributed by atoms with Gasteiger partial charge in [-0.2, -0.15) is 0 Å². The van der Waals surface area contributed by atoms with E-state index in [9.17, 15) is 30.0 Å². The van der Waals surface area contributed by atoms with Crippen LogP contribution in [0.4, 0.5) is 4.79 Å². The zero-order valence-corrected chi connectivity index (χ0v) is 26.6. The third-order valence-corrected chi connectivity index (χ3v) is 8.62. The van der Waals surface area contributed by atoms with Crippen LogP contribution in [0.25, 0.3) is 0 Å². The van der Waals surface area contributed by atoms with E-state index in [0.29, 0.717) is 6.42 Å². The number of allylic oxidation sites excluding steroid dienone is 3. The van der Waals surface area contributed by atoms with Crippen molar-refractivity contribution in [2.45, 2.75) is 105 Å². The minimum Gasteiger partial charge on any atom is -0.462 e. The standard InChI is InChI=1S/C33H55NO8/c1-10-11-12-20(4)31(42-33(34)40)24(8)29(37)22(6)16-18(2)15-21(5)28(36)19(3)13-14-26(35)17-27-23(7)30(38)25(9)32(39)41-27/h10-15,19-31,35-38H,1,16-17H2,2-9H3,(H2,34,40)/b12-11-,14-13-,18-15-/t19-,20?,21?,22-,23-,24-,25+,26?,27-,28-,29+,30-,31?/m0/s1. The van der Waals surface area contributed by atoms with Crippen molar-refractivity contribution in [2.75, 3.05) is 0 Å². The van der Waals surface area contributed by atoms with Gasteiger partial charge in [-0.05, 0) is 26.2 Å². The van der Waals surface area contributed by atoms with Crippen LogP contribution in [-0.2, 0) is 14.3 Å². The zero-order chi connectivity index (χ0) is 32.3. The van der Waals surface area contributed by atoms with E-state index >= 15 is 0 Å². The first-order chi connectivity index (χ1) is 19.5. The van der Waals surface area contributed by atoms with Crippen molar-refractivity contribution in [3.63, 3.8) is 0 Å². The molecular weight excluding hydrogens is 538 g/mol. The number of rotatable bonds is 16. The molecule has 1 heterocycles. The SMILES string of the molecule is C=C/C=C\C(C)C(OC(N)=O)[C@@H](C)[C@H](O)[C@@H](C)C/C(C)=C\C(C)[C@@H](O)[C@@H](C)/C=C\C(O)C[C@@H]1OC(=O)[C@H](C)[C@@H](O)[C@H]1C. The number of cyclic esters (lactones) is 1. The maximum atomic E-state index is 12.0. The zero-order valence-electron chi connectivity index (χ0n) is 26.6. The molecule has 0 aliphatic carbocycles. The normalized spacial score (nSPS) is 28.3. The number of primary amides is 1. The minimum atomic E-state index is -0.894. The summed E-state index contributed by atoms with van der Waals surface area (Å²) >= 11 is 0. The van der Waals surface area contributed by atoms with E-state index in [0.717, 1.165) is 5.57 Å². The van der Waals surface area contributed by atoms with Crippen LogP contribution < -0.4 is 5.73 Å². The number of esters is 1. The van der Waals surface area contributed by atoms with Gasteiger partial charge in [0, 0.05) is 36.0 Å². The Morgan fingerprint density at radius 3 is 2.21 bits per heavy atom. The Hall–Kier alpha value is -2.46. The Balaban J connectivity index is 2.76. The number of carbonyl (C=O) groups is 2. The molecule has 0 bridgehead atoms. The Morgan fingerprint density at radius 2 is 1.64 bits per heavy atom. The lowest BCUT2D eigenvalue weighted by atomic mass is 9.81. The van der Waals surface area contributed by atoms with Crippen LogP contribution in [0.15, 0.2) is 48.6 Å². The summed E-state index contributed by atoms with van der Waals surface area (Å²) in [7, 11) is 0. The number of nitrogens with two attached hydrogens (primary N) is 1. The van der Waals surface area contributed by atoms with Crippen molar-refractivity contribution in [2.24, 2.45) is 47.2 Å². The fourth-order valence-electron chi connectivity index (χ4n) is 5.80. The first-order valence-electron chi connectivity index (χ1n) is 15.0. The van der Waals surface area contributed by atoms with Gasteiger partial charge in [-0.25, -0.2) is 4.79 Å². The first kappa shape index (κ1) is 37.6. The van der Waals surface area contributed by atoms with Crippen LogP contribution >= 0.6 is 0 Å². The molecule has 9 heteroatoms. The van der Waals surface area contributed by atoms with Gasteiger partial charge in [0.2, 0.25) is 0 Å². The molecule has 1 aliphatic rings. The van der Waals surface area contributed by atoms with E-state index in [1.165, 1.54) is 0 Å². The Morgan fingerprint density at radius 1 is 1.02 bits per heavy atom. The maximum Gasteiger partial charge on any atom is 0.404 e. The first-order valence-corrected chi connectivity index (χ1v) is 15.0. The highest BCUT2D eigenvalue weighted by molar-refractivity contribution is 5.73. The van der Waals surface area contributed by atoms with Gasteiger partial charge in [-0.1, -0.05) is 90.2 Å². The summed E-state index contributed by atoms with van der Waals surface area (Å²) < 4.78 is 10.8. The van der Waals surface area contributed by atoms with E-state index in [-0.39, 0.29) is 41.9 Å². The number of carbonyl (C=O) groups excluding carboxylic acids is 2. The number of hydrogen-bond acceptors (Lipinski definition) is 8. The van der Waals surface area contributed by atoms with Crippen molar-refractivity contribution >= 4 is 12.1 Å². The van der Waals surface area contributed by atoms with E-state index < -0.39 is 54.6 Å². The molecular formula is C33H55NO8. The smallest absolute Gasteiger partial charge is 0.404 e. The molecule has 4 unspecified atom stereocenters. The van der Waals surface area contributed by atoms with Gasteiger partial charge in [0.15, 0.2) is 0 Å². The van der Waals surface area contributed by atoms with Crippen LogP contribution in [0.3, 0.4) is 0 Å². The van der Waals surface area contributed by atoms with E-state index in [1.54, 1.807) is 38.2 Å². The molecule has 0 aromatic rings. The highest BCUT2D eigenvalue weighted by atomic mass is 16.6. The van der Waals surface area contributed by atoms with Crippen molar-refractivity contribution in [3.8, 4) is 0 Å². The topological polar surface area (TPSA) is 160 Å². The number of aliphatic hydroxyl groups is 4. The summed E-state index contributed by atoms with van der Waals surface area (Å²) in [5.74, 6) is -2.52. The monoisotopic (exact) mass is 593 g/mol. The minimum absolute atomic E-state index is 0.152. The highest BCUT2D eigenvalue weighted by Crippen LogP contribution is 2.30. The molecule has 0 saturated carbocycles. The molecule has 1 fully saturated rings. The molecule has 1 amide bonds. The van der Waals surface area contributed by atoms with E-state index in [1.807, 2.05) is 53.7 Å². The van der Waals surface area contributed by atoms with Crippen LogP contribution in [-0.4, -0.2) is 69.1 Å². The average molecular weight is 594 g/mol. The second-order valence-electron chi connectivity index (χ2n) is 12.4. The van der Waals surface area contributed by atoms with Crippen molar-refractivity contribution in [1.82, 2.24) is 0 Å². The summed E-state index contributed by atoms with van der Waals surface area (Å²) in [6.45, 7) is 18.5. The Bertz CT molecular complexity index is 962. The van der Waals surface area contributed by atoms with Gasteiger partial charge in [0.25, 0.3) is 0 Å². The van der Waals surface area contributed by atoms with Crippen LogP contribution in [0, 0.1) is 41.4 Å². The second-order valence-corrected chi connectivity index (χ2v) is 12.4. The van der Waals surface area contributed by atoms with Crippen molar-refractivity contribution in [1.29, 1.82) is 0 Å². The predicted octanol–water partition coefficient (Wildman–Crippen LogP) is 4.30. The maximum absolute atomic E-state index is 12.0. The van der Waals surface area contributed by atoms with Gasteiger partial charge in [0.05, 0.1) is 30.3 Å². The molecule has 1 aliphatic heterocycles. The van der Waals surface area contributed by atoms with Gasteiger partial charge < -0.3 is 35.6 Å². The fraction of sp³-hybridized carbons (Fsp3) is 0.697. The van der Waals surface area contributed by atoms with Crippen LogP contribution in [0.1, 0.15) is 68.2 Å². The van der Waals surface area contributed by atoms with Gasteiger partial charge in [0.1, 0.15) is 12.2 Å². The molecule has 13 atom stereocenters. The lowest BCUT2D eigenvalue weighted by molar-refractivity contribution is -0.179. The van der Waals surface area contributed by atoms with E-state index in [2.05, 4.69) is 6.58 Å². The van der Waals surface area contributed by atoms with Crippen LogP contribution in [0.2, 0.25) is 0 Å². The van der Waals surface area contributed by atoms with Gasteiger partial charge in [-0.15, -0.1) is 0 Å². The summed E-state index contributed by atoms with van der Waals surface area (Å²) in [6.07, 6.45) is 6.04. The van der Waals surface area contributed by atoms with Crippen LogP contribution in [0.5, 0.6) is 0 Å². The Labute approximate surface area is 252 Å². The van der Waals surface area contributed by atoms with Crippen molar-refractivity contribution in [3.05, 3.63) is 48.6 Å². The number of aliphatic hydroxyl groups excluding tert-OH is 4. The molecule has 9 nitrogen and oxygen atoms in total. The number of hydrogen-bond donors (Lipinski definition) is 5. The Kier molecular flexibility index (Phi) is 15.7. The molecule has 0 radical (unpaired) electrons. The molecule has 1 saturated heterocycles. The lowest BCUT2D eigenvalue weighted by Gasteiger charge is -2.36. The molecule has 0 aromatic carbocycles. The summed E-state index contributed by atoms with van der Waals surface area (Å²) in [5.41, 5.74) is 6.30. The summed E-state index contributed by atoms with van der Waals surface area (Å²) in [4.78, 5) is 23.5. The predicted molar refractivity (Wildman–Crippen MR) is 164 cm³/mol. The second kappa shape index (κ2) is 17.6. The molecule has 1 rings (SSSR count). The molecule has 42 heavy (non-hydrogen) atoms. The lowest BCUT2D eigenvalue weighted by Crippen LogP contribution is -2.47.